The Hall–Kier alpha value is -0.130. The highest BCUT2D eigenvalue weighted by Gasteiger charge is 1.95. The molecular formula is C7H17NO3S. The Kier molecular flexibility index (Phi) is 7.43. The third kappa shape index (κ3) is 7.97. The van der Waals surface area contributed by atoms with Crippen molar-refractivity contribution in [3.05, 3.63) is 0 Å². The SMILES string of the molecule is CCC(C)NCCCO[SH](=O)=O. The fourth-order valence-electron chi connectivity index (χ4n) is 0.704. The first kappa shape index (κ1) is 11.9. The van der Waals surface area contributed by atoms with Crippen LogP contribution in [0.3, 0.4) is 0 Å². The van der Waals surface area contributed by atoms with Gasteiger partial charge in [0.25, 0.3) is 11.0 Å². The number of nitrogens with one attached hydrogen (secondary N) is 1. The second-order valence-corrected chi connectivity index (χ2v) is 3.38. The van der Waals surface area contributed by atoms with Gasteiger partial charge in [0.15, 0.2) is 0 Å². The number of rotatable bonds is 7. The van der Waals surface area contributed by atoms with Gasteiger partial charge in [-0.3, -0.25) is 4.18 Å². The van der Waals surface area contributed by atoms with Gasteiger partial charge in [-0.15, -0.1) is 0 Å². The van der Waals surface area contributed by atoms with Crippen molar-refractivity contribution in [3.8, 4) is 0 Å². The van der Waals surface area contributed by atoms with Crippen molar-refractivity contribution in [2.24, 2.45) is 0 Å². The highest BCUT2D eigenvalue weighted by molar-refractivity contribution is 7.67. The van der Waals surface area contributed by atoms with Gasteiger partial charge in [0.05, 0.1) is 6.61 Å². The first-order chi connectivity index (χ1) is 5.66. The molecule has 0 spiro atoms. The van der Waals surface area contributed by atoms with Gasteiger partial charge < -0.3 is 5.32 Å². The summed E-state index contributed by atoms with van der Waals surface area (Å²) in [5, 5.41) is 3.23. The zero-order valence-corrected chi connectivity index (χ0v) is 8.47. The van der Waals surface area contributed by atoms with Crippen LogP contribution in [0.5, 0.6) is 0 Å². The first-order valence-electron chi connectivity index (χ1n) is 4.17. The molecule has 1 atom stereocenters. The van der Waals surface area contributed by atoms with Gasteiger partial charge in [-0.2, -0.15) is 0 Å². The molecule has 0 saturated heterocycles. The maximum absolute atomic E-state index is 9.95. The Balaban J connectivity index is 3.10. The van der Waals surface area contributed by atoms with Crippen LogP contribution in [0.2, 0.25) is 0 Å². The molecule has 1 unspecified atom stereocenters. The van der Waals surface area contributed by atoms with E-state index >= 15 is 0 Å². The molecule has 0 heterocycles. The molecule has 0 aromatic heterocycles. The van der Waals surface area contributed by atoms with E-state index in [-0.39, 0.29) is 6.61 Å². The minimum absolute atomic E-state index is 0.280. The fourth-order valence-corrected chi connectivity index (χ4v) is 0.982. The lowest BCUT2D eigenvalue weighted by atomic mass is 10.2. The monoisotopic (exact) mass is 195 g/mol. The van der Waals surface area contributed by atoms with Crippen molar-refractivity contribution in [2.75, 3.05) is 13.2 Å². The molecule has 0 bridgehead atoms. The molecule has 5 heteroatoms. The van der Waals surface area contributed by atoms with E-state index in [9.17, 15) is 8.42 Å². The third-order valence-corrected chi connectivity index (χ3v) is 2.02. The van der Waals surface area contributed by atoms with Crippen molar-refractivity contribution in [1.82, 2.24) is 5.32 Å². The van der Waals surface area contributed by atoms with E-state index in [0.29, 0.717) is 6.04 Å². The lowest BCUT2D eigenvalue weighted by Crippen LogP contribution is -2.26. The van der Waals surface area contributed by atoms with Gasteiger partial charge in [0, 0.05) is 6.04 Å². The molecule has 0 aromatic rings. The van der Waals surface area contributed by atoms with Crippen molar-refractivity contribution in [3.63, 3.8) is 0 Å². The lowest BCUT2D eigenvalue weighted by Gasteiger charge is -2.09. The van der Waals surface area contributed by atoms with E-state index in [1.807, 2.05) is 0 Å². The average Bonchev–Trinajstić information content (AvgIpc) is 2.03. The Morgan fingerprint density at radius 3 is 2.67 bits per heavy atom. The van der Waals surface area contributed by atoms with Crippen LogP contribution in [0.15, 0.2) is 0 Å². The number of thiol groups is 1. The average molecular weight is 195 g/mol. The van der Waals surface area contributed by atoms with Gasteiger partial charge in [0.2, 0.25) is 0 Å². The fraction of sp³-hybridized carbons (Fsp3) is 1.00. The smallest absolute Gasteiger partial charge is 0.257 e. The third-order valence-electron chi connectivity index (χ3n) is 1.62. The first-order valence-corrected chi connectivity index (χ1v) is 5.27. The Morgan fingerprint density at radius 2 is 2.17 bits per heavy atom. The Labute approximate surface area is 75.5 Å². The number of hydrogen-bond donors (Lipinski definition) is 2. The largest absolute Gasteiger partial charge is 0.314 e. The second kappa shape index (κ2) is 7.52. The molecule has 0 aliphatic heterocycles. The van der Waals surface area contributed by atoms with Crippen LogP contribution in [0.1, 0.15) is 26.7 Å². The Morgan fingerprint density at radius 1 is 1.50 bits per heavy atom. The van der Waals surface area contributed by atoms with Gasteiger partial charge in [-0.25, -0.2) is 8.42 Å². The zero-order chi connectivity index (χ0) is 9.40. The van der Waals surface area contributed by atoms with E-state index in [4.69, 9.17) is 0 Å². The van der Waals surface area contributed by atoms with E-state index < -0.39 is 11.0 Å². The molecule has 0 amide bonds. The molecule has 0 aliphatic carbocycles. The molecule has 0 radical (unpaired) electrons. The summed E-state index contributed by atoms with van der Waals surface area (Å²) in [6.45, 7) is 5.28. The van der Waals surface area contributed by atoms with Crippen LogP contribution in [-0.2, 0) is 15.2 Å². The molecule has 4 nitrogen and oxygen atoms in total. The molecule has 0 saturated carbocycles. The summed E-state index contributed by atoms with van der Waals surface area (Å²) in [6, 6.07) is 0.492. The molecule has 1 N–H and O–H groups in total. The van der Waals surface area contributed by atoms with Gasteiger partial charge >= 0.3 is 0 Å². The summed E-state index contributed by atoms with van der Waals surface area (Å²) < 4.78 is 24.3. The minimum Gasteiger partial charge on any atom is -0.314 e. The molecule has 0 fully saturated rings. The summed E-state index contributed by atoms with van der Waals surface area (Å²) in [4.78, 5) is 0. The van der Waals surface area contributed by atoms with Crippen LogP contribution in [0, 0.1) is 0 Å². The van der Waals surface area contributed by atoms with Crippen LogP contribution >= 0.6 is 0 Å². The van der Waals surface area contributed by atoms with Crippen LogP contribution in [0.4, 0.5) is 0 Å². The van der Waals surface area contributed by atoms with Crippen LogP contribution < -0.4 is 5.32 Å². The van der Waals surface area contributed by atoms with Crippen LogP contribution in [-0.4, -0.2) is 27.6 Å². The predicted molar refractivity (Wildman–Crippen MR) is 48.6 cm³/mol. The van der Waals surface area contributed by atoms with Gasteiger partial charge in [-0.05, 0) is 26.3 Å². The molecular weight excluding hydrogens is 178 g/mol. The van der Waals surface area contributed by atoms with Crippen molar-refractivity contribution < 1.29 is 12.6 Å². The summed E-state index contributed by atoms with van der Waals surface area (Å²) in [5.41, 5.74) is 0. The quantitative estimate of drug-likeness (QED) is 0.453. The summed E-state index contributed by atoms with van der Waals surface area (Å²) >= 11 is 0. The molecule has 0 rings (SSSR count). The lowest BCUT2D eigenvalue weighted by molar-refractivity contribution is 0.320. The van der Waals surface area contributed by atoms with Crippen molar-refractivity contribution in [1.29, 1.82) is 0 Å². The van der Waals surface area contributed by atoms with Crippen LogP contribution in [0.25, 0.3) is 0 Å². The predicted octanol–water partition coefficient (Wildman–Crippen LogP) is 0.308. The highest BCUT2D eigenvalue weighted by atomic mass is 32.2. The van der Waals surface area contributed by atoms with E-state index in [1.165, 1.54) is 0 Å². The minimum atomic E-state index is -2.66. The molecule has 74 valence electrons. The maximum atomic E-state index is 9.95. The number of hydrogen-bond acceptors (Lipinski definition) is 4. The summed E-state index contributed by atoms with van der Waals surface area (Å²) in [6.07, 6.45) is 1.81. The van der Waals surface area contributed by atoms with E-state index in [1.54, 1.807) is 0 Å². The van der Waals surface area contributed by atoms with Crippen molar-refractivity contribution in [2.45, 2.75) is 32.7 Å². The molecule has 0 aliphatic rings. The van der Waals surface area contributed by atoms with E-state index in [2.05, 4.69) is 23.3 Å². The molecule has 0 aromatic carbocycles. The van der Waals surface area contributed by atoms with Gasteiger partial charge in [-0.1, -0.05) is 6.92 Å². The topological polar surface area (TPSA) is 55.4 Å². The summed E-state index contributed by atoms with van der Waals surface area (Å²) in [7, 11) is -2.66. The normalized spacial score (nSPS) is 13.6. The Bertz CT molecular complexity index is 162. The molecule has 12 heavy (non-hydrogen) atoms. The zero-order valence-electron chi connectivity index (χ0n) is 7.58. The standard InChI is InChI=1S/C7H17NO3S/c1-3-7(2)8-5-4-6-11-12(9)10/h7-8,12H,3-6H2,1-2H3. The summed E-state index contributed by atoms with van der Waals surface area (Å²) in [5.74, 6) is 0. The maximum Gasteiger partial charge on any atom is 0.257 e. The highest BCUT2D eigenvalue weighted by Crippen LogP contribution is 1.88. The second-order valence-electron chi connectivity index (χ2n) is 2.67. The van der Waals surface area contributed by atoms with E-state index in [0.717, 1.165) is 19.4 Å². The van der Waals surface area contributed by atoms with Crippen molar-refractivity contribution >= 4 is 11.0 Å². The van der Waals surface area contributed by atoms with Gasteiger partial charge in [0.1, 0.15) is 0 Å².